The summed E-state index contributed by atoms with van der Waals surface area (Å²) in [6.07, 6.45) is 4.19. The van der Waals surface area contributed by atoms with Crippen molar-refractivity contribution in [2.24, 2.45) is 0 Å². The Bertz CT molecular complexity index is 572. The molecule has 3 aromatic rings. The molecule has 0 aliphatic rings. The minimum atomic E-state index is 0.459. The zero-order valence-corrected chi connectivity index (χ0v) is 11.5. The quantitative estimate of drug-likeness (QED) is 0.680. The second-order valence-corrected chi connectivity index (χ2v) is 5.11. The molecule has 0 atom stereocenters. The fraction of sp³-hybridized carbons (Fsp3) is 0.158. The Morgan fingerprint density at radius 1 is 0.700 bits per heavy atom. The van der Waals surface area contributed by atoms with Crippen molar-refractivity contribution in [1.29, 1.82) is 0 Å². The summed E-state index contributed by atoms with van der Waals surface area (Å²) in [5.74, 6) is 0.459. The molecule has 0 amide bonds. The molecule has 0 radical (unpaired) electrons. The van der Waals surface area contributed by atoms with Gasteiger partial charge in [-0.15, -0.1) is 0 Å². The van der Waals surface area contributed by atoms with E-state index in [0.717, 1.165) is 12.8 Å². The average molecular weight is 261 g/mol. The van der Waals surface area contributed by atoms with Crippen LogP contribution < -0.4 is 0 Å². The molecule has 0 unspecified atom stereocenters. The lowest BCUT2D eigenvalue weighted by atomic mass is 9.87. The number of aryl methyl sites for hydroxylation is 1. The molecule has 0 saturated carbocycles. The molecule has 0 bridgehead atoms. The first-order valence-corrected chi connectivity index (χ1v) is 7.15. The van der Waals surface area contributed by atoms with Crippen molar-refractivity contribution in [2.45, 2.75) is 18.8 Å². The molecule has 1 aromatic heterocycles. The summed E-state index contributed by atoms with van der Waals surface area (Å²) in [5, 5.41) is 0. The summed E-state index contributed by atoms with van der Waals surface area (Å²) in [6, 6.07) is 25.8. The molecular formula is C19H19N. The van der Waals surface area contributed by atoms with Crippen LogP contribution in [0.25, 0.3) is 0 Å². The van der Waals surface area contributed by atoms with Crippen LogP contribution in [-0.4, -0.2) is 4.98 Å². The smallest absolute Gasteiger partial charge is 0.0147 e. The van der Waals surface area contributed by atoms with Gasteiger partial charge in [0.25, 0.3) is 0 Å². The van der Waals surface area contributed by atoms with Gasteiger partial charge in [-0.05, 0) is 36.1 Å². The van der Waals surface area contributed by atoms with Crippen molar-refractivity contribution >= 4 is 0 Å². The Labute approximate surface area is 120 Å². The summed E-state index contributed by atoms with van der Waals surface area (Å²) >= 11 is 0. The summed E-state index contributed by atoms with van der Waals surface area (Å²) in [5.41, 5.74) is 4.09. The van der Waals surface area contributed by atoms with Gasteiger partial charge < -0.3 is 4.98 Å². The Kier molecular flexibility index (Phi) is 3.98. The number of benzene rings is 2. The van der Waals surface area contributed by atoms with E-state index in [-0.39, 0.29) is 0 Å². The topological polar surface area (TPSA) is 15.8 Å². The second kappa shape index (κ2) is 6.25. The van der Waals surface area contributed by atoms with Gasteiger partial charge in [0.05, 0.1) is 0 Å². The van der Waals surface area contributed by atoms with Crippen LogP contribution in [0.4, 0.5) is 0 Å². The molecule has 1 nitrogen and oxygen atoms in total. The van der Waals surface area contributed by atoms with Crippen LogP contribution in [0.1, 0.15) is 29.2 Å². The molecule has 1 heterocycles. The SMILES string of the molecule is c1ccc(C(CCc2ccc[nH]2)c2ccccc2)cc1. The third kappa shape index (κ3) is 3.00. The van der Waals surface area contributed by atoms with Crippen molar-refractivity contribution < 1.29 is 0 Å². The molecule has 1 heteroatoms. The van der Waals surface area contributed by atoms with Crippen LogP contribution in [0.5, 0.6) is 0 Å². The Balaban J connectivity index is 1.84. The molecule has 0 fully saturated rings. The normalized spacial score (nSPS) is 10.8. The van der Waals surface area contributed by atoms with Gasteiger partial charge in [-0.2, -0.15) is 0 Å². The predicted molar refractivity (Wildman–Crippen MR) is 83.8 cm³/mol. The minimum Gasteiger partial charge on any atom is -0.365 e. The molecule has 0 aliphatic carbocycles. The predicted octanol–water partition coefficient (Wildman–Crippen LogP) is 4.78. The number of H-pyrrole nitrogens is 1. The molecular weight excluding hydrogens is 242 g/mol. The van der Waals surface area contributed by atoms with E-state index in [9.17, 15) is 0 Å². The van der Waals surface area contributed by atoms with Crippen molar-refractivity contribution in [3.8, 4) is 0 Å². The maximum Gasteiger partial charge on any atom is 0.0147 e. The molecule has 20 heavy (non-hydrogen) atoms. The third-order valence-corrected chi connectivity index (χ3v) is 3.77. The summed E-state index contributed by atoms with van der Waals surface area (Å²) < 4.78 is 0. The van der Waals surface area contributed by atoms with Crippen LogP contribution in [-0.2, 0) is 6.42 Å². The van der Waals surface area contributed by atoms with Gasteiger partial charge in [0.2, 0.25) is 0 Å². The molecule has 1 N–H and O–H groups in total. The summed E-state index contributed by atoms with van der Waals surface area (Å²) in [4.78, 5) is 3.30. The van der Waals surface area contributed by atoms with Gasteiger partial charge >= 0.3 is 0 Å². The fourth-order valence-electron chi connectivity index (χ4n) is 2.72. The van der Waals surface area contributed by atoms with E-state index < -0.39 is 0 Å². The van der Waals surface area contributed by atoms with E-state index in [1.165, 1.54) is 16.8 Å². The minimum absolute atomic E-state index is 0.459. The molecule has 0 spiro atoms. The van der Waals surface area contributed by atoms with Gasteiger partial charge in [0, 0.05) is 17.8 Å². The van der Waals surface area contributed by atoms with E-state index in [1.54, 1.807) is 0 Å². The Morgan fingerprint density at radius 3 is 1.80 bits per heavy atom. The van der Waals surface area contributed by atoms with Crippen molar-refractivity contribution in [3.63, 3.8) is 0 Å². The number of aromatic amines is 1. The number of nitrogens with one attached hydrogen (secondary N) is 1. The van der Waals surface area contributed by atoms with Crippen LogP contribution in [0.15, 0.2) is 79.0 Å². The monoisotopic (exact) mass is 261 g/mol. The first-order valence-electron chi connectivity index (χ1n) is 7.15. The zero-order chi connectivity index (χ0) is 13.6. The summed E-state index contributed by atoms with van der Waals surface area (Å²) in [6.45, 7) is 0. The highest BCUT2D eigenvalue weighted by Gasteiger charge is 2.13. The van der Waals surface area contributed by atoms with E-state index in [2.05, 4.69) is 77.8 Å². The highest BCUT2D eigenvalue weighted by Crippen LogP contribution is 2.28. The van der Waals surface area contributed by atoms with Crippen molar-refractivity contribution in [1.82, 2.24) is 4.98 Å². The largest absolute Gasteiger partial charge is 0.365 e. The van der Waals surface area contributed by atoms with E-state index >= 15 is 0 Å². The highest BCUT2D eigenvalue weighted by atomic mass is 14.7. The fourth-order valence-corrected chi connectivity index (χ4v) is 2.72. The average Bonchev–Trinajstić information content (AvgIpc) is 3.03. The zero-order valence-electron chi connectivity index (χ0n) is 11.5. The maximum atomic E-state index is 3.30. The van der Waals surface area contributed by atoms with Crippen LogP contribution in [0.3, 0.4) is 0 Å². The standard InChI is InChI=1S/C19H19N/c1-3-8-16(9-4-1)19(17-10-5-2-6-11-17)14-13-18-12-7-15-20-18/h1-12,15,19-20H,13-14H2. The first kappa shape index (κ1) is 12.7. The van der Waals surface area contributed by atoms with Gasteiger partial charge in [-0.3, -0.25) is 0 Å². The van der Waals surface area contributed by atoms with Gasteiger partial charge in [-0.1, -0.05) is 60.7 Å². The van der Waals surface area contributed by atoms with Gasteiger partial charge in [0.15, 0.2) is 0 Å². The summed E-state index contributed by atoms with van der Waals surface area (Å²) in [7, 11) is 0. The Hall–Kier alpha value is -2.28. The maximum absolute atomic E-state index is 3.30. The molecule has 0 aliphatic heterocycles. The molecule has 100 valence electrons. The number of hydrogen-bond donors (Lipinski definition) is 1. The lowest BCUT2D eigenvalue weighted by Gasteiger charge is -2.17. The van der Waals surface area contributed by atoms with Crippen LogP contribution >= 0.6 is 0 Å². The third-order valence-electron chi connectivity index (χ3n) is 3.77. The van der Waals surface area contributed by atoms with Crippen LogP contribution in [0, 0.1) is 0 Å². The van der Waals surface area contributed by atoms with Crippen molar-refractivity contribution in [2.75, 3.05) is 0 Å². The Morgan fingerprint density at radius 2 is 1.30 bits per heavy atom. The second-order valence-electron chi connectivity index (χ2n) is 5.11. The van der Waals surface area contributed by atoms with E-state index in [4.69, 9.17) is 0 Å². The molecule has 2 aromatic carbocycles. The van der Waals surface area contributed by atoms with Gasteiger partial charge in [0.1, 0.15) is 0 Å². The van der Waals surface area contributed by atoms with E-state index in [1.807, 2.05) is 6.20 Å². The van der Waals surface area contributed by atoms with Gasteiger partial charge in [-0.25, -0.2) is 0 Å². The van der Waals surface area contributed by atoms with E-state index in [0.29, 0.717) is 5.92 Å². The first-order chi connectivity index (χ1) is 9.93. The van der Waals surface area contributed by atoms with Crippen molar-refractivity contribution in [3.05, 3.63) is 95.8 Å². The lowest BCUT2D eigenvalue weighted by molar-refractivity contribution is 0.706. The molecule has 3 rings (SSSR count). The number of hydrogen-bond acceptors (Lipinski definition) is 0. The highest BCUT2D eigenvalue weighted by molar-refractivity contribution is 5.32. The van der Waals surface area contributed by atoms with Crippen LogP contribution in [0.2, 0.25) is 0 Å². The number of aromatic nitrogens is 1. The number of rotatable bonds is 5. The lowest BCUT2D eigenvalue weighted by Crippen LogP contribution is -2.03. The molecule has 0 saturated heterocycles.